The van der Waals surface area contributed by atoms with Gasteiger partial charge in [-0.15, -0.1) is 0 Å². The molecule has 0 aliphatic heterocycles. The average Bonchev–Trinajstić information content (AvgIpc) is 3.75. The highest BCUT2D eigenvalue weighted by atomic mass is 16.3. The summed E-state index contributed by atoms with van der Waals surface area (Å²) in [5.41, 5.74) is 13.6. The molecule has 0 fully saturated rings. The lowest BCUT2D eigenvalue weighted by Crippen LogP contribution is -2.17. The van der Waals surface area contributed by atoms with Gasteiger partial charge in [0.05, 0.1) is 16.7 Å². The number of benzene rings is 10. The number of H-pyrrole nitrogens is 1. The number of hydrogen-bond donors (Lipinski definition) is 0. The third kappa shape index (κ3) is 6.36. The number of aromatic nitrogens is 3. The number of furan rings is 1. The minimum atomic E-state index is 0.613. The number of hydrogen-bond acceptors (Lipinski definition) is 3. The number of nitrogens with one attached hydrogen (secondary N) is 1. The van der Waals surface area contributed by atoms with Gasteiger partial charge in [0.25, 0.3) is 11.6 Å². The SMILES string of the molecule is c1ccc(-c2nc(-c3cccc4oc5c(-c6ccc(-c7ccccc7)c7ccccc67)cc(-c6ccc(-c7ccccc7)c7ccccc67)cc5c34)nc(-c3ccccc3)[nH+]2)cc1. The van der Waals surface area contributed by atoms with Gasteiger partial charge in [0.15, 0.2) is 0 Å². The van der Waals surface area contributed by atoms with Crippen LogP contribution in [0.3, 0.4) is 0 Å². The molecule has 0 unspecified atom stereocenters. The monoisotopic (exact) mass is 804 g/mol. The van der Waals surface area contributed by atoms with E-state index < -0.39 is 0 Å². The Morgan fingerprint density at radius 2 is 0.730 bits per heavy atom. The van der Waals surface area contributed by atoms with Crippen LogP contribution in [0.5, 0.6) is 0 Å². The Hall–Kier alpha value is -8.47. The molecule has 4 heteroatoms. The van der Waals surface area contributed by atoms with Crippen molar-refractivity contribution in [3.8, 4) is 78.7 Å². The first-order valence-electron chi connectivity index (χ1n) is 21.3. The zero-order chi connectivity index (χ0) is 41.7. The topological polar surface area (TPSA) is 53.1 Å². The maximum absolute atomic E-state index is 7.09. The van der Waals surface area contributed by atoms with E-state index in [1.54, 1.807) is 0 Å². The highest BCUT2D eigenvalue weighted by Crippen LogP contribution is 2.46. The Bertz CT molecular complexity index is 3600. The minimum Gasteiger partial charge on any atom is -0.455 e. The molecular weight excluding hydrogens is 767 g/mol. The average molecular weight is 805 g/mol. The molecular formula is C59H38N3O+. The van der Waals surface area contributed by atoms with Crippen LogP contribution in [0.4, 0.5) is 0 Å². The molecule has 0 atom stereocenters. The molecule has 0 aliphatic rings. The summed E-state index contributed by atoms with van der Waals surface area (Å²) in [5, 5.41) is 6.70. The first kappa shape index (κ1) is 36.4. The number of fused-ring (bicyclic) bond motifs is 5. The Morgan fingerprint density at radius 1 is 0.302 bits per heavy atom. The number of aromatic amines is 1. The molecule has 2 aromatic heterocycles. The molecule has 12 aromatic rings. The minimum absolute atomic E-state index is 0.613. The van der Waals surface area contributed by atoms with Crippen molar-refractivity contribution in [2.24, 2.45) is 0 Å². The summed E-state index contributed by atoms with van der Waals surface area (Å²) in [6.45, 7) is 0. The van der Waals surface area contributed by atoms with Crippen molar-refractivity contribution in [2.45, 2.75) is 0 Å². The van der Waals surface area contributed by atoms with Crippen LogP contribution in [-0.4, -0.2) is 9.97 Å². The summed E-state index contributed by atoms with van der Waals surface area (Å²) in [6.07, 6.45) is 0. The molecule has 10 aromatic carbocycles. The van der Waals surface area contributed by atoms with Crippen LogP contribution in [0, 0.1) is 0 Å². The zero-order valence-corrected chi connectivity index (χ0v) is 34.2. The van der Waals surface area contributed by atoms with E-state index in [2.05, 4.69) is 187 Å². The third-order valence-electron chi connectivity index (χ3n) is 12.2. The molecule has 12 rings (SSSR count). The lowest BCUT2D eigenvalue weighted by Gasteiger charge is -2.16. The van der Waals surface area contributed by atoms with E-state index in [0.717, 1.165) is 77.9 Å². The van der Waals surface area contributed by atoms with Crippen molar-refractivity contribution in [2.75, 3.05) is 0 Å². The normalized spacial score (nSPS) is 11.5. The molecule has 2 heterocycles. The number of rotatable bonds is 7. The standard InChI is InChI=1S/C59H37N3O/c1-5-18-38(19-6-1)43-32-33-45(48-28-14-13-26-46(43)48)42-36-52(50-35-34-44(39-20-7-2-8-21-39)47-27-15-16-29-49(47)50)56-53(37-42)55-51(30-17-31-54(55)63-56)59-61-57(40-22-9-3-10-23-40)60-58(62-59)41-24-11-4-12-25-41/h1-37H/p+1. The molecule has 0 aliphatic carbocycles. The predicted molar refractivity (Wildman–Crippen MR) is 259 cm³/mol. The molecule has 0 radical (unpaired) electrons. The quantitative estimate of drug-likeness (QED) is 0.161. The van der Waals surface area contributed by atoms with E-state index in [1.807, 2.05) is 42.5 Å². The van der Waals surface area contributed by atoms with Crippen molar-refractivity contribution in [3.63, 3.8) is 0 Å². The highest BCUT2D eigenvalue weighted by molar-refractivity contribution is 6.19. The molecule has 63 heavy (non-hydrogen) atoms. The van der Waals surface area contributed by atoms with Crippen LogP contribution in [0.15, 0.2) is 229 Å². The lowest BCUT2D eigenvalue weighted by molar-refractivity contribution is -0.359. The van der Waals surface area contributed by atoms with Gasteiger partial charge in [0.1, 0.15) is 11.2 Å². The summed E-state index contributed by atoms with van der Waals surface area (Å²) in [6, 6.07) is 79.2. The van der Waals surface area contributed by atoms with Crippen molar-refractivity contribution in [1.82, 2.24) is 9.97 Å². The second kappa shape index (κ2) is 15.2. The molecule has 4 nitrogen and oxygen atoms in total. The van der Waals surface area contributed by atoms with Crippen LogP contribution in [0.2, 0.25) is 0 Å². The fraction of sp³-hybridized carbons (Fsp3) is 0. The van der Waals surface area contributed by atoms with Crippen molar-refractivity contribution < 1.29 is 9.40 Å². The predicted octanol–water partition coefficient (Wildman–Crippen LogP) is 15.2. The van der Waals surface area contributed by atoms with Crippen molar-refractivity contribution in [1.29, 1.82) is 0 Å². The van der Waals surface area contributed by atoms with E-state index in [1.165, 1.54) is 38.4 Å². The largest absolute Gasteiger partial charge is 0.455 e. The molecule has 0 bridgehead atoms. The van der Waals surface area contributed by atoms with E-state index in [-0.39, 0.29) is 0 Å². The van der Waals surface area contributed by atoms with Crippen molar-refractivity contribution >= 4 is 43.5 Å². The first-order chi connectivity index (χ1) is 31.2. The lowest BCUT2D eigenvalue weighted by atomic mass is 9.87. The maximum Gasteiger partial charge on any atom is 0.309 e. The second-order valence-corrected chi connectivity index (χ2v) is 15.9. The van der Waals surface area contributed by atoms with Crippen molar-refractivity contribution in [3.05, 3.63) is 224 Å². The number of nitrogens with zero attached hydrogens (tertiary/aromatic N) is 2. The molecule has 0 amide bonds. The van der Waals surface area contributed by atoms with E-state index in [4.69, 9.17) is 14.4 Å². The summed E-state index contributed by atoms with van der Waals surface area (Å²) < 4.78 is 7.09. The molecule has 294 valence electrons. The van der Waals surface area contributed by atoms with Crippen LogP contribution < -0.4 is 4.98 Å². The van der Waals surface area contributed by atoms with Gasteiger partial charge in [-0.25, -0.2) is 4.98 Å². The van der Waals surface area contributed by atoms with Gasteiger partial charge in [-0.1, -0.05) is 186 Å². The van der Waals surface area contributed by atoms with Gasteiger partial charge in [-0.05, 0) is 109 Å². The summed E-state index contributed by atoms with van der Waals surface area (Å²) in [4.78, 5) is 14.0. The molecule has 0 spiro atoms. The van der Waals surface area contributed by atoms with Gasteiger partial charge in [-0.3, -0.25) is 0 Å². The maximum atomic E-state index is 7.09. The summed E-state index contributed by atoms with van der Waals surface area (Å²) >= 11 is 0. The van der Waals surface area contributed by atoms with Gasteiger partial charge >= 0.3 is 5.82 Å². The Kier molecular flexibility index (Phi) is 8.79. The fourth-order valence-corrected chi connectivity index (χ4v) is 9.28. The fourth-order valence-electron chi connectivity index (χ4n) is 9.28. The van der Waals surface area contributed by atoms with Gasteiger partial charge in [0, 0.05) is 16.3 Å². The summed E-state index contributed by atoms with van der Waals surface area (Å²) in [7, 11) is 0. The van der Waals surface area contributed by atoms with Crippen LogP contribution >= 0.6 is 0 Å². The van der Waals surface area contributed by atoms with Crippen LogP contribution in [0.1, 0.15) is 0 Å². The first-order valence-corrected chi connectivity index (χ1v) is 21.3. The Labute approximate surface area is 364 Å². The second-order valence-electron chi connectivity index (χ2n) is 15.9. The van der Waals surface area contributed by atoms with E-state index in [9.17, 15) is 0 Å². The Balaban J connectivity index is 1.16. The molecule has 1 N–H and O–H groups in total. The molecule has 0 saturated carbocycles. The van der Waals surface area contributed by atoms with E-state index in [0.29, 0.717) is 5.82 Å². The third-order valence-corrected chi connectivity index (χ3v) is 12.2. The van der Waals surface area contributed by atoms with Gasteiger partial charge < -0.3 is 4.42 Å². The van der Waals surface area contributed by atoms with Gasteiger partial charge in [0.2, 0.25) is 0 Å². The molecule has 0 saturated heterocycles. The van der Waals surface area contributed by atoms with Gasteiger partial charge in [-0.2, -0.15) is 0 Å². The zero-order valence-electron chi connectivity index (χ0n) is 34.2. The van der Waals surface area contributed by atoms with Crippen LogP contribution in [0.25, 0.3) is 122 Å². The summed E-state index contributed by atoms with van der Waals surface area (Å²) in [5.74, 6) is 2.09. The Morgan fingerprint density at radius 3 is 1.24 bits per heavy atom. The van der Waals surface area contributed by atoms with Crippen LogP contribution in [-0.2, 0) is 0 Å². The highest BCUT2D eigenvalue weighted by Gasteiger charge is 2.26. The smallest absolute Gasteiger partial charge is 0.309 e. The van der Waals surface area contributed by atoms with E-state index >= 15 is 0 Å².